The highest BCUT2D eigenvalue weighted by atomic mass is 32.1. The average Bonchev–Trinajstić information content (AvgIpc) is 2.18. The summed E-state index contributed by atoms with van der Waals surface area (Å²) in [5.74, 6) is 0. The van der Waals surface area contributed by atoms with Crippen molar-refractivity contribution in [3.8, 4) is 0 Å². The molecule has 0 bridgehead atoms. The van der Waals surface area contributed by atoms with Gasteiger partial charge in [-0.05, 0) is 26.7 Å². The van der Waals surface area contributed by atoms with Crippen molar-refractivity contribution < 1.29 is 4.74 Å². The summed E-state index contributed by atoms with van der Waals surface area (Å²) in [6.07, 6.45) is 2.64. The summed E-state index contributed by atoms with van der Waals surface area (Å²) < 4.78 is 5.58. The molecule has 0 aromatic heterocycles. The second kappa shape index (κ2) is 5.63. The second-order valence-corrected chi connectivity index (χ2v) is 4.24. The Kier molecular flexibility index (Phi) is 4.78. The Morgan fingerprint density at radius 3 is 2.57 bits per heavy atom. The molecule has 1 heterocycles. The number of nitrogens with zero attached hydrogens (tertiary/aromatic N) is 1. The van der Waals surface area contributed by atoms with Gasteiger partial charge in [-0.2, -0.15) is 0 Å². The van der Waals surface area contributed by atoms with Gasteiger partial charge in [0.15, 0.2) is 0 Å². The molecule has 1 aliphatic rings. The molecule has 0 aromatic carbocycles. The molecular formula is C10H20N2OS. The summed E-state index contributed by atoms with van der Waals surface area (Å²) >= 11 is 4.98. The van der Waals surface area contributed by atoms with Crippen molar-refractivity contribution in [2.45, 2.75) is 38.8 Å². The SMILES string of the molecule is CCOC1CCN(C(C)C(N)=S)CC1. The van der Waals surface area contributed by atoms with E-state index < -0.39 is 0 Å². The first-order valence-corrected chi connectivity index (χ1v) is 5.71. The third-order valence-electron chi connectivity index (χ3n) is 2.84. The van der Waals surface area contributed by atoms with Gasteiger partial charge in [-0.1, -0.05) is 12.2 Å². The van der Waals surface area contributed by atoms with Gasteiger partial charge in [0.1, 0.15) is 0 Å². The van der Waals surface area contributed by atoms with Gasteiger partial charge in [0, 0.05) is 19.7 Å². The fraction of sp³-hybridized carbons (Fsp3) is 0.900. The molecule has 1 fully saturated rings. The Morgan fingerprint density at radius 1 is 1.57 bits per heavy atom. The first kappa shape index (κ1) is 11.9. The monoisotopic (exact) mass is 216 g/mol. The van der Waals surface area contributed by atoms with E-state index in [0.29, 0.717) is 11.1 Å². The van der Waals surface area contributed by atoms with Crippen molar-refractivity contribution in [3.05, 3.63) is 0 Å². The molecule has 0 saturated carbocycles. The molecule has 0 aromatic rings. The first-order valence-electron chi connectivity index (χ1n) is 5.30. The minimum atomic E-state index is 0.229. The molecule has 82 valence electrons. The van der Waals surface area contributed by atoms with Crippen molar-refractivity contribution in [1.82, 2.24) is 4.90 Å². The van der Waals surface area contributed by atoms with Gasteiger partial charge in [0.2, 0.25) is 0 Å². The highest BCUT2D eigenvalue weighted by Crippen LogP contribution is 2.15. The molecule has 0 aliphatic carbocycles. The van der Waals surface area contributed by atoms with Crippen LogP contribution in [0.2, 0.25) is 0 Å². The normalized spacial score (nSPS) is 22.1. The topological polar surface area (TPSA) is 38.5 Å². The molecule has 1 atom stereocenters. The lowest BCUT2D eigenvalue weighted by Gasteiger charge is -2.35. The standard InChI is InChI=1S/C10H20N2OS/c1-3-13-9-4-6-12(7-5-9)8(2)10(11)14/h8-9H,3-7H2,1-2H3,(H2,11,14). The Morgan fingerprint density at radius 2 is 2.14 bits per heavy atom. The highest BCUT2D eigenvalue weighted by molar-refractivity contribution is 7.80. The van der Waals surface area contributed by atoms with Crippen molar-refractivity contribution >= 4 is 17.2 Å². The average molecular weight is 216 g/mol. The molecule has 1 rings (SSSR count). The summed E-state index contributed by atoms with van der Waals surface area (Å²) in [5.41, 5.74) is 5.62. The van der Waals surface area contributed by atoms with Crippen LogP contribution in [0.5, 0.6) is 0 Å². The van der Waals surface area contributed by atoms with Crippen LogP contribution in [0.3, 0.4) is 0 Å². The van der Waals surface area contributed by atoms with E-state index in [1.54, 1.807) is 0 Å². The Balaban J connectivity index is 2.31. The number of likely N-dealkylation sites (tertiary alicyclic amines) is 1. The summed E-state index contributed by atoms with van der Waals surface area (Å²) in [7, 11) is 0. The maximum atomic E-state index is 5.62. The number of nitrogens with two attached hydrogens (primary N) is 1. The van der Waals surface area contributed by atoms with Crippen LogP contribution in [0.25, 0.3) is 0 Å². The van der Waals surface area contributed by atoms with Gasteiger partial charge in [-0.15, -0.1) is 0 Å². The molecule has 0 radical (unpaired) electrons. The predicted molar refractivity (Wildman–Crippen MR) is 62.5 cm³/mol. The van der Waals surface area contributed by atoms with Crippen molar-refractivity contribution in [2.24, 2.45) is 5.73 Å². The number of thiocarbonyl (C=S) groups is 1. The molecule has 1 aliphatic heterocycles. The highest BCUT2D eigenvalue weighted by Gasteiger charge is 2.23. The van der Waals surface area contributed by atoms with Gasteiger partial charge in [-0.3, -0.25) is 4.90 Å². The van der Waals surface area contributed by atoms with E-state index in [1.165, 1.54) is 0 Å². The van der Waals surface area contributed by atoms with Crippen LogP contribution >= 0.6 is 12.2 Å². The molecule has 1 unspecified atom stereocenters. The van der Waals surface area contributed by atoms with Crippen LogP contribution in [0.1, 0.15) is 26.7 Å². The third kappa shape index (κ3) is 3.19. The van der Waals surface area contributed by atoms with Crippen molar-refractivity contribution in [3.63, 3.8) is 0 Å². The summed E-state index contributed by atoms with van der Waals surface area (Å²) in [4.78, 5) is 2.93. The van der Waals surface area contributed by atoms with Crippen LogP contribution in [0.15, 0.2) is 0 Å². The number of ether oxygens (including phenoxy) is 1. The maximum absolute atomic E-state index is 5.62. The zero-order valence-electron chi connectivity index (χ0n) is 9.03. The molecular weight excluding hydrogens is 196 g/mol. The number of piperidine rings is 1. The number of hydrogen-bond donors (Lipinski definition) is 1. The van der Waals surface area contributed by atoms with Crippen LogP contribution in [0.4, 0.5) is 0 Å². The van der Waals surface area contributed by atoms with Gasteiger partial charge >= 0.3 is 0 Å². The van der Waals surface area contributed by atoms with Crippen LogP contribution in [-0.4, -0.2) is 41.7 Å². The summed E-state index contributed by atoms with van der Waals surface area (Å²) in [5, 5.41) is 0. The summed E-state index contributed by atoms with van der Waals surface area (Å²) in [6, 6.07) is 0.229. The molecule has 2 N–H and O–H groups in total. The van der Waals surface area contributed by atoms with Gasteiger partial charge in [0.25, 0.3) is 0 Å². The van der Waals surface area contributed by atoms with Crippen molar-refractivity contribution in [2.75, 3.05) is 19.7 Å². The Labute approximate surface area is 91.6 Å². The maximum Gasteiger partial charge on any atom is 0.0899 e. The first-order chi connectivity index (χ1) is 6.65. The molecule has 4 heteroatoms. The molecule has 0 spiro atoms. The van der Waals surface area contributed by atoms with E-state index >= 15 is 0 Å². The lowest BCUT2D eigenvalue weighted by molar-refractivity contribution is 0.0115. The minimum Gasteiger partial charge on any atom is -0.392 e. The van der Waals surface area contributed by atoms with E-state index in [1.807, 2.05) is 6.92 Å². The quantitative estimate of drug-likeness (QED) is 0.716. The van der Waals surface area contributed by atoms with E-state index in [2.05, 4.69) is 11.8 Å². The number of rotatable bonds is 4. The van der Waals surface area contributed by atoms with Crippen molar-refractivity contribution in [1.29, 1.82) is 0 Å². The fourth-order valence-electron chi connectivity index (χ4n) is 1.85. The predicted octanol–water partition coefficient (Wildman–Crippen LogP) is 1.16. The minimum absolute atomic E-state index is 0.229. The van der Waals surface area contributed by atoms with E-state index in [0.717, 1.165) is 32.5 Å². The molecule has 1 saturated heterocycles. The van der Waals surface area contributed by atoms with Crippen LogP contribution < -0.4 is 5.73 Å². The lowest BCUT2D eigenvalue weighted by atomic mass is 10.1. The van der Waals surface area contributed by atoms with Gasteiger partial charge in [0.05, 0.1) is 17.1 Å². The van der Waals surface area contributed by atoms with Gasteiger partial charge < -0.3 is 10.5 Å². The zero-order chi connectivity index (χ0) is 10.6. The van der Waals surface area contributed by atoms with E-state index in [4.69, 9.17) is 22.7 Å². The molecule has 0 amide bonds. The van der Waals surface area contributed by atoms with E-state index in [-0.39, 0.29) is 6.04 Å². The van der Waals surface area contributed by atoms with Crippen LogP contribution in [0, 0.1) is 0 Å². The Bertz CT molecular complexity index is 191. The largest absolute Gasteiger partial charge is 0.392 e. The lowest BCUT2D eigenvalue weighted by Crippen LogP contribution is -2.47. The number of hydrogen-bond acceptors (Lipinski definition) is 3. The Hall–Kier alpha value is -0.190. The molecule has 14 heavy (non-hydrogen) atoms. The molecule has 3 nitrogen and oxygen atoms in total. The van der Waals surface area contributed by atoms with Crippen LogP contribution in [-0.2, 0) is 4.74 Å². The van der Waals surface area contributed by atoms with E-state index in [9.17, 15) is 0 Å². The van der Waals surface area contributed by atoms with Gasteiger partial charge in [-0.25, -0.2) is 0 Å². The summed E-state index contributed by atoms with van der Waals surface area (Å²) in [6.45, 7) is 7.02. The smallest absolute Gasteiger partial charge is 0.0899 e. The fourth-order valence-corrected chi connectivity index (χ4v) is 1.99. The zero-order valence-corrected chi connectivity index (χ0v) is 9.85. The second-order valence-electron chi connectivity index (χ2n) is 3.77. The third-order valence-corrected chi connectivity index (χ3v) is 3.18.